The van der Waals surface area contributed by atoms with Crippen LogP contribution in [0.4, 0.5) is 17.3 Å². The molecular formula is C18H18ClN7O2. The van der Waals surface area contributed by atoms with Crippen LogP contribution in [-0.4, -0.2) is 46.3 Å². The second-order valence-electron chi connectivity index (χ2n) is 6.40. The molecule has 1 N–H and O–H groups in total. The Morgan fingerprint density at radius 1 is 1.36 bits per heavy atom. The topological polar surface area (TPSA) is 97.0 Å². The van der Waals surface area contributed by atoms with Crippen LogP contribution in [-0.2, 0) is 4.79 Å². The molecule has 4 rings (SSSR count). The number of halogens is 1. The van der Waals surface area contributed by atoms with E-state index in [9.17, 15) is 4.79 Å². The maximum absolute atomic E-state index is 12.2. The van der Waals surface area contributed by atoms with Gasteiger partial charge >= 0.3 is 0 Å². The summed E-state index contributed by atoms with van der Waals surface area (Å²) in [6.07, 6.45) is 8.20. The third-order valence-corrected chi connectivity index (χ3v) is 4.91. The summed E-state index contributed by atoms with van der Waals surface area (Å²) in [5.41, 5.74) is 1.15. The second-order valence-corrected chi connectivity index (χ2v) is 6.78. The van der Waals surface area contributed by atoms with E-state index in [1.54, 1.807) is 42.1 Å². The van der Waals surface area contributed by atoms with Crippen molar-refractivity contribution in [3.63, 3.8) is 0 Å². The highest BCUT2D eigenvalue weighted by Gasteiger charge is 2.33. The van der Waals surface area contributed by atoms with E-state index in [0.29, 0.717) is 39.4 Å². The van der Waals surface area contributed by atoms with Crippen LogP contribution < -0.4 is 15.0 Å². The molecule has 10 heteroatoms. The Labute approximate surface area is 166 Å². The van der Waals surface area contributed by atoms with Crippen molar-refractivity contribution in [2.75, 3.05) is 24.3 Å². The van der Waals surface area contributed by atoms with Crippen LogP contribution >= 0.6 is 11.6 Å². The number of carbonyl (C=O) groups is 1. The lowest BCUT2D eigenvalue weighted by molar-refractivity contribution is -0.119. The Morgan fingerprint density at radius 3 is 2.82 bits per heavy atom. The molecule has 0 aliphatic heterocycles. The number of hydrogen-bond acceptors (Lipinski definition) is 7. The van der Waals surface area contributed by atoms with E-state index < -0.39 is 0 Å². The van der Waals surface area contributed by atoms with Gasteiger partial charge in [0, 0.05) is 20.0 Å². The fraction of sp³-hybridized carbons (Fsp3) is 0.278. The lowest BCUT2D eigenvalue weighted by Gasteiger charge is -2.15. The van der Waals surface area contributed by atoms with Crippen LogP contribution in [0.2, 0.25) is 5.02 Å². The Hall–Kier alpha value is -3.20. The second kappa shape index (κ2) is 7.08. The number of hydrogen-bond donors (Lipinski definition) is 1. The number of aromatic nitrogens is 4. The van der Waals surface area contributed by atoms with Gasteiger partial charge in [0.1, 0.15) is 16.2 Å². The average Bonchev–Trinajstić information content (AvgIpc) is 3.49. The number of ether oxygens (including phenoxy) is 1. The molecule has 0 unspecified atom stereocenters. The van der Waals surface area contributed by atoms with Gasteiger partial charge in [-0.15, -0.1) is 0 Å². The van der Waals surface area contributed by atoms with Gasteiger partial charge < -0.3 is 10.1 Å². The maximum atomic E-state index is 12.2. The molecular weight excluding hydrogens is 382 g/mol. The van der Waals surface area contributed by atoms with E-state index in [2.05, 4.69) is 32.1 Å². The summed E-state index contributed by atoms with van der Waals surface area (Å²) in [7, 11) is 3.43. The highest BCUT2D eigenvalue weighted by atomic mass is 35.5. The fourth-order valence-electron chi connectivity index (χ4n) is 2.81. The van der Waals surface area contributed by atoms with Gasteiger partial charge in [0.05, 0.1) is 24.8 Å². The van der Waals surface area contributed by atoms with E-state index >= 15 is 0 Å². The van der Waals surface area contributed by atoms with E-state index in [1.165, 1.54) is 6.20 Å². The molecule has 0 radical (unpaired) electrons. The molecule has 0 bridgehead atoms. The van der Waals surface area contributed by atoms with Crippen molar-refractivity contribution in [3.8, 4) is 11.5 Å². The minimum atomic E-state index is 0.0730. The highest BCUT2D eigenvalue weighted by molar-refractivity contribution is 6.35. The lowest BCUT2D eigenvalue weighted by atomic mass is 10.3. The Bertz CT molecular complexity index is 1080. The van der Waals surface area contributed by atoms with Gasteiger partial charge in [0.15, 0.2) is 23.1 Å². The highest BCUT2D eigenvalue weighted by Crippen LogP contribution is 2.40. The zero-order valence-electron chi connectivity index (χ0n) is 15.4. The summed E-state index contributed by atoms with van der Waals surface area (Å²) >= 11 is 6.40. The minimum Gasteiger partial charge on any atom is -0.450 e. The molecule has 3 aromatic rings. The van der Waals surface area contributed by atoms with E-state index in [4.69, 9.17) is 16.3 Å². The molecule has 0 spiro atoms. The summed E-state index contributed by atoms with van der Waals surface area (Å²) in [4.78, 5) is 26.2. The average molecular weight is 400 g/mol. The van der Waals surface area contributed by atoms with Gasteiger partial charge in [0.25, 0.3) is 0 Å². The van der Waals surface area contributed by atoms with Crippen molar-refractivity contribution in [1.29, 1.82) is 0 Å². The molecule has 1 amide bonds. The van der Waals surface area contributed by atoms with Gasteiger partial charge in [-0.1, -0.05) is 11.6 Å². The largest absolute Gasteiger partial charge is 0.450 e. The SMILES string of the molecule is C=Nc1ncc(Oc2cnn3cc(N(C)C(=O)C4CC4)ncc23)c(Cl)c1NC. The molecule has 144 valence electrons. The number of nitrogens with one attached hydrogen (secondary N) is 1. The zero-order valence-corrected chi connectivity index (χ0v) is 16.1. The molecule has 0 atom stereocenters. The molecule has 9 nitrogen and oxygen atoms in total. The Kier molecular flexibility index (Phi) is 4.60. The molecule has 28 heavy (non-hydrogen) atoms. The van der Waals surface area contributed by atoms with Gasteiger partial charge in [0.2, 0.25) is 5.91 Å². The summed E-state index contributed by atoms with van der Waals surface area (Å²) in [5, 5.41) is 7.56. The van der Waals surface area contributed by atoms with E-state index in [-0.39, 0.29) is 11.8 Å². The number of carbonyl (C=O) groups excluding carboxylic acids is 1. The number of amides is 1. The van der Waals surface area contributed by atoms with Crippen molar-refractivity contribution in [1.82, 2.24) is 19.6 Å². The molecule has 3 heterocycles. The number of rotatable bonds is 6. The predicted octanol–water partition coefficient (Wildman–Crippen LogP) is 3.32. The van der Waals surface area contributed by atoms with Crippen LogP contribution in [0.15, 0.2) is 29.8 Å². The number of anilines is 2. The molecule has 1 aliphatic carbocycles. The molecule has 0 saturated heterocycles. The molecule has 1 fully saturated rings. The molecule has 1 aliphatic rings. The molecule has 1 saturated carbocycles. The maximum Gasteiger partial charge on any atom is 0.231 e. The summed E-state index contributed by atoms with van der Waals surface area (Å²) in [6.45, 7) is 3.47. The van der Waals surface area contributed by atoms with E-state index in [0.717, 1.165) is 12.8 Å². The number of nitrogens with zero attached hydrogens (tertiary/aromatic N) is 6. The third kappa shape index (κ3) is 3.13. The van der Waals surface area contributed by atoms with Crippen LogP contribution in [0, 0.1) is 5.92 Å². The van der Waals surface area contributed by atoms with Crippen molar-refractivity contribution >= 4 is 47.1 Å². The number of aliphatic imine (C=N–C) groups is 1. The Balaban J connectivity index is 1.64. The smallest absolute Gasteiger partial charge is 0.231 e. The standard InChI is InChI=1S/C18H18ClN7O2/c1-20-16-15(19)13(7-23-17(16)21-2)28-12-8-24-26-9-14(22-6-11(12)26)25(3)18(27)10-4-5-10/h6-10,20H,2,4-5H2,1,3H3. The van der Waals surface area contributed by atoms with Crippen LogP contribution in [0.5, 0.6) is 11.5 Å². The van der Waals surface area contributed by atoms with Gasteiger partial charge in [-0.25, -0.2) is 19.5 Å². The third-order valence-electron chi connectivity index (χ3n) is 4.54. The van der Waals surface area contributed by atoms with Gasteiger partial charge in [-0.2, -0.15) is 5.10 Å². The van der Waals surface area contributed by atoms with Crippen molar-refractivity contribution in [2.45, 2.75) is 12.8 Å². The first-order valence-corrected chi connectivity index (χ1v) is 9.03. The summed E-state index contributed by atoms with van der Waals surface area (Å²) in [6, 6.07) is 0. The van der Waals surface area contributed by atoms with Gasteiger partial charge in [-0.3, -0.25) is 9.69 Å². The molecule has 0 aromatic carbocycles. The van der Waals surface area contributed by atoms with E-state index in [1.807, 2.05) is 0 Å². The number of fused-ring (bicyclic) bond motifs is 1. The fourth-order valence-corrected chi connectivity index (χ4v) is 3.08. The monoisotopic (exact) mass is 399 g/mol. The normalized spacial score (nSPS) is 13.4. The first kappa shape index (κ1) is 18.2. The summed E-state index contributed by atoms with van der Waals surface area (Å²) < 4.78 is 7.51. The quantitative estimate of drug-likeness (QED) is 0.638. The number of pyridine rings is 1. The van der Waals surface area contributed by atoms with Crippen LogP contribution in [0.25, 0.3) is 5.52 Å². The minimum absolute atomic E-state index is 0.0730. The van der Waals surface area contributed by atoms with Gasteiger partial charge in [-0.05, 0) is 19.6 Å². The predicted molar refractivity (Wildman–Crippen MR) is 107 cm³/mol. The summed E-state index contributed by atoms with van der Waals surface area (Å²) in [5.74, 6) is 1.90. The van der Waals surface area contributed by atoms with Crippen LogP contribution in [0.3, 0.4) is 0 Å². The van der Waals surface area contributed by atoms with Crippen LogP contribution in [0.1, 0.15) is 12.8 Å². The first-order valence-electron chi connectivity index (χ1n) is 8.65. The lowest BCUT2D eigenvalue weighted by Crippen LogP contribution is -2.28. The zero-order chi connectivity index (χ0) is 19.8. The first-order chi connectivity index (χ1) is 13.5. The Morgan fingerprint density at radius 2 is 2.14 bits per heavy atom. The van der Waals surface area contributed by atoms with Crippen molar-refractivity contribution in [3.05, 3.63) is 29.8 Å². The van der Waals surface area contributed by atoms with Crippen molar-refractivity contribution in [2.24, 2.45) is 10.9 Å². The molecule has 3 aromatic heterocycles. The van der Waals surface area contributed by atoms with Crippen molar-refractivity contribution < 1.29 is 9.53 Å².